The molecule has 3 rings (SSSR count). The van der Waals surface area contributed by atoms with Gasteiger partial charge in [0.2, 0.25) is 5.91 Å². The molecule has 2 aromatic carbocycles. The van der Waals surface area contributed by atoms with Crippen LogP contribution < -0.4 is 0 Å². The average Bonchev–Trinajstić information content (AvgIpc) is 2.61. The lowest BCUT2D eigenvalue weighted by molar-refractivity contribution is -0.157. The second-order valence-electron chi connectivity index (χ2n) is 6.78. The Bertz CT molecular complexity index is 755. The maximum absolute atomic E-state index is 12.5. The van der Waals surface area contributed by atoms with Crippen molar-refractivity contribution < 1.29 is 14.3 Å². The van der Waals surface area contributed by atoms with E-state index >= 15 is 0 Å². The molecule has 0 bridgehead atoms. The molecule has 1 fully saturated rings. The van der Waals surface area contributed by atoms with E-state index in [1.165, 1.54) is 0 Å². The highest BCUT2D eigenvalue weighted by Crippen LogP contribution is 2.36. The van der Waals surface area contributed by atoms with Crippen LogP contribution in [0.2, 0.25) is 0 Å². The Balaban J connectivity index is 1.42. The molecule has 1 aliphatic carbocycles. The molecule has 1 amide bonds. The van der Waals surface area contributed by atoms with Crippen LogP contribution >= 0.6 is 15.9 Å². The number of nitrogens with zero attached hydrogens (tertiary/aromatic N) is 1. The summed E-state index contributed by atoms with van der Waals surface area (Å²) < 4.78 is 6.38. The topological polar surface area (TPSA) is 46.6 Å². The molecule has 0 radical (unpaired) electrons. The van der Waals surface area contributed by atoms with E-state index in [4.69, 9.17) is 4.74 Å². The predicted octanol–water partition coefficient (Wildman–Crippen LogP) is 4.18. The molecule has 0 aromatic heterocycles. The van der Waals surface area contributed by atoms with Gasteiger partial charge in [-0.2, -0.15) is 0 Å². The highest BCUT2D eigenvalue weighted by Gasteiger charge is 2.40. The van der Waals surface area contributed by atoms with Crippen LogP contribution in [0.5, 0.6) is 0 Å². The molecule has 0 saturated heterocycles. The summed E-state index contributed by atoms with van der Waals surface area (Å²) in [5, 5.41) is 0. The molecule has 0 heterocycles. The van der Waals surface area contributed by atoms with Crippen molar-refractivity contribution in [2.45, 2.75) is 26.0 Å². The first-order valence-corrected chi connectivity index (χ1v) is 9.52. The van der Waals surface area contributed by atoms with Crippen LogP contribution in [0.25, 0.3) is 0 Å². The SMILES string of the molecule is CN(Cc1ccc(Br)cc1)C(=O)C1CC(C(=O)OCc2ccccc2)C1. The Morgan fingerprint density at radius 1 is 1.00 bits per heavy atom. The van der Waals surface area contributed by atoms with Gasteiger partial charge in [0.05, 0.1) is 5.92 Å². The monoisotopic (exact) mass is 415 g/mol. The van der Waals surface area contributed by atoms with E-state index in [2.05, 4.69) is 15.9 Å². The van der Waals surface area contributed by atoms with Crippen molar-refractivity contribution in [1.82, 2.24) is 4.90 Å². The molecule has 26 heavy (non-hydrogen) atoms. The van der Waals surface area contributed by atoms with Gasteiger partial charge < -0.3 is 9.64 Å². The lowest BCUT2D eigenvalue weighted by Gasteiger charge is -2.35. The number of carbonyl (C=O) groups is 2. The minimum atomic E-state index is -0.200. The molecule has 0 atom stereocenters. The maximum Gasteiger partial charge on any atom is 0.309 e. The lowest BCUT2D eigenvalue weighted by Crippen LogP contribution is -2.42. The number of rotatable bonds is 6. The maximum atomic E-state index is 12.5. The Hall–Kier alpha value is -2.14. The van der Waals surface area contributed by atoms with Gasteiger partial charge in [0, 0.05) is 24.0 Å². The van der Waals surface area contributed by atoms with Crippen LogP contribution in [-0.2, 0) is 27.5 Å². The molecule has 0 aliphatic heterocycles. The van der Waals surface area contributed by atoms with E-state index in [0.717, 1.165) is 15.6 Å². The molecule has 1 saturated carbocycles. The average molecular weight is 416 g/mol. The van der Waals surface area contributed by atoms with Crippen LogP contribution in [0.1, 0.15) is 24.0 Å². The van der Waals surface area contributed by atoms with Crippen molar-refractivity contribution in [3.63, 3.8) is 0 Å². The summed E-state index contributed by atoms with van der Waals surface area (Å²) in [5.41, 5.74) is 2.06. The minimum Gasteiger partial charge on any atom is -0.461 e. The van der Waals surface area contributed by atoms with Crippen LogP contribution in [0, 0.1) is 11.8 Å². The van der Waals surface area contributed by atoms with Gasteiger partial charge in [-0.15, -0.1) is 0 Å². The first-order chi connectivity index (χ1) is 12.5. The molecule has 5 heteroatoms. The van der Waals surface area contributed by atoms with Crippen molar-refractivity contribution in [1.29, 1.82) is 0 Å². The van der Waals surface area contributed by atoms with Crippen molar-refractivity contribution in [2.24, 2.45) is 11.8 Å². The number of hydrogen-bond acceptors (Lipinski definition) is 3. The zero-order valence-electron chi connectivity index (χ0n) is 14.7. The first kappa shape index (κ1) is 18.6. The number of halogens is 1. The van der Waals surface area contributed by atoms with E-state index in [0.29, 0.717) is 19.4 Å². The number of esters is 1. The van der Waals surface area contributed by atoms with Crippen LogP contribution in [0.3, 0.4) is 0 Å². The molecule has 136 valence electrons. The first-order valence-electron chi connectivity index (χ1n) is 8.73. The molecule has 0 N–H and O–H groups in total. The molecule has 1 aliphatic rings. The molecular weight excluding hydrogens is 394 g/mol. The smallest absolute Gasteiger partial charge is 0.309 e. The highest BCUT2D eigenvalue weighted by atomic mass is 79.9. The number of ether oxygens (including phenoxy) is 1. The summed E-state index contributed by atoms with van der Waals surface area (Å²) in [6.45, 7) is 0.865. The highest BCUT2D eigenvalue weighted by molar-refractivity contribution is 9.10. The number of benzene rings is 2. The fraction of sp³-hybridized carbons (Fsp3) is 0.333. The predicted molar refractivity (Wildman–Crippen MR) is 103 cm³/mol. The van der Waals surface area contributed by atoms with Gasteiger partial charge in [0.25, 0.3) is 0 Å². The number of amides is 1. The van der Waals surface area contributed by atoms with Gasteiger partial charge in [-0.3, -0.25) is 9.59 Å². The van der Waals surface area contributed by atoms with E-state index in [9.17, 15) is 9.59 Å². The van der Waals surface area contributed by atoms with Gasteiger partial charge in [0.1, 0.15) is 6.61 Å². The van der Waals surface area contributed by atoms with Crippen molar-refractivity contribution in [2.75, 3.05) is 7.05 Å². The molecule has 4 nitrogen and oxygen atoms in total. The molecule has 0 unspecified atom stereocenters. The standard InChI is InChI=1S/C21H22BrNO3/c1-23(13-15-7-9-19(22)10-8-15)20(24)17-11-18(12-17)21(25)26-14-16-5-3-2-4-6-16/h2-10,17-18H,11-14H2,1H3. The Morgan fingerprint density at radius 3 is 2.31 bits per heavy atom. The fourth-order valence-electron chi connectivity index (χ4n) is 3.11. The van der Waals surface area contributed by atoms with Crippen molar-refractivity contribution in [3.8, 4) is 0 Å². The van der Waals surface area contributed by atoms with Gasteiger partial charge in [-0.25, -0.2) is 0 Å². The second-order valence-corrected chi connectivity index (χ2v) is 7.70. The summed E-state index contributed by atoms with van der Waals surface area (Å²) in [7, 11) is 1.81. The van der Waals surface area contributed by atoms with E-state index < -0.39 is 0 Å². The molecule has 0 spiro atoms. The largest absolute Gasteiger partial charge is 0.461 e. The third kappa shape index (κ3) is 4.73. The van der Waals surface area contributed by atoms with Crippen LogP contribution in [0.4, 0.5) is 0 Å². The number of carbonyl (C=O) groups excluding carboxylic acids is 2. The van der Waals surface area contributed by atoms with Gasteiger partial charge >= 0.3 is 5.97 Å². The third-order valence-electron chi connectivity index (χ3n) is 4.75. The van der Waals surface area contributed by atoms with E-state index in [1.54, 1.807) is 4.90 Å². The molecule has 2 aromatic rings. The zero-order chi connectivity index (χ0) is 18.5. The van der Waals surface area contributed by atoms with Gasteiger partial charge in [-0.05, 0) is 36.1 Å². The summed E-state index contributed by atoms with van der Waals surface area (Å²) in [4.78, 5) is 26.4. The van der Waals surface area contributed by atoms with Crippen molar-refractivity contribution >= 4 is 27.8 Å². The Morgan fingerprint density at radius 2 is 1.65 bits per heavy atom. The fourth-order valence-corrected chi connectivity index (χ4v) is 3.38. The Kier molecular flexibility index (Phi) is 6.09. The normalized spacial score (nSPS) is 18.7. The van der Waals surface area contributed by atoms with Crippen LogP contribution in [0.15, 0.2) is 59.1 Å². The summed E-state index contributed by atoms with van der Waals surface area (Å²) in [5.74, 6) is -0.341. The zero-order valence-corrected chi connectivity index (χ0v) is 16.3. The summed E-state index contributed by atoms with van der Waals surface area (Å²) >= 11 is 3.41. The third-order valence-corrected chi connectivity index (χ3v) is 5.28. The molecular formula is C21H22BrNO3. The summed E-state index contributed by atoms with van der Waals surface area (Å²) in [6, 6.07) is 17.6. The van der Waals surface area contributed by atoms with E-state index in [-0.39, 0.29) is 30.3 Å². The van der Waals surface area contributed by atoms with Gasteiger partial charge in [0.15, 0.2) is 0 Å². The van der Waals surface area contributed by atoms with Crippen LogP contribution in [-0.4, -0.2) is 23.8 Å². The quantitative estimate of drug-likeness (QED) is 0.664. The second kappa shape index (κ2) is 8.49. The number of hydrogen-bond donors (Lipinski definition) is 0. The minimum absolute atomic E-state index is 0.0790. The van der Waals surface area contributed by atoms with Crippen molar-refractivity contribution in [3.05, 3.63) is 70.2 Å². The Labute approximate surface area is 162 Å². The lowest BCUT2D eigenvalue weighted by atomic mass is 9.74. The van der Waals surface area contributed by atoms with E-state index in [1.807, 2.05) is 61.6 Å². The summed E-state index contributed by atoms with van der Waals surface area (Å²) in [6.07, 6.45) is 1.16. The van der Waals surface area contributed by atoms with Gasteiger partial charge in [-0.1, -0.05) is 58.4 Å².